The minimum atomic E-state index is -1.14. The Morgan fingerprint density at radius 3 is 1.58 bits per heavy atom. The lowest BCUT2D eigenvalue weighted by molar-refractivity contribution is -0.132. The fourth-order valence-electron chi connectivity index (χ4n) is 11.6. The van der Waals surface area contributed by atoms with Crippen LogP contribution >= 0.6 is 0 Å². The molecular weight excluding hydrogens is 1370 g/mol. The largest absolute Gasteiger partial charge is 0.490 e. The van der Waals surface area contributed by atoms with Crippen molar-refractivity contribution in [2.45, 2.75) is 105 Å². The number of rotatable bonds is 35. The second-order valence-corrected chi connectivity index (χ2v) is 25.1. The first-order valence-corrected chi connectivity index (χ1v) is 34.2. The Hall–Kier alpha value is -11.0. The van der Waals surface area contributed by atoms with E-state index in [0.29, 0.717) is 79.5 Å². The molecule has 36 nitrogen and oxygen atoms in total. The Balaban J connectivity index is 0.894. The van der Waals surface area contributed by atoms with Crippen LogP contribution in [-0.4, -0.2) is 192 Å². The number of aromatic nitrogens is 6. The fourth-order valence-corrected chi connectivity index (χ4v) is 11.6. The van der Waals surface area contributed by atoms with E-state index in [4.69, 9.17) is 75.1 Å². The zero-order valence-corrected chi connectivity index (χ0v) is 59.3. The van der Waals surface area contributed by atoms with Crippen molar-refractivity contribution in [2.75, 3.05) is 108 Å². The molecule has 10 amide bonds. The number of amides is 10. The number of nitrogens with zero attached hydrogens (tertiary/aromatic N) is 7. The Bertz CT molecular complexity index is 4110. The number of allylic oxidation sites excluding steroid dienone is 2. The van der Waals surface area contributed by atoms with Crippen LogP contribution in [0.5, 0.6) is 11.5 Å². The van der Waals surface area contributed by atoms with Gasteiger partial charge in [0.2, 0.25) is 53.0 Å². The molecule has 6 heterocycles. The van der Waals surface area contributed by atoms with Crippen molar-refractivity contribution in [3.05, 3.63) is 112 Å². The number of ether oxygens (including phenoxy) is 7. The number of likely N-dealkylation sites (tertiary alicyclic amines) is 1. The number of hydrogen-bond acceptors (Lipinski definition) is 24. The van der Waals surface area contributed by atoms with Crippen molar-refractivity contribution in [1.29, 1.82) is 0 Å². The number of nitrogens with two attached hydrogens (primary N) is 4. The summed E-state index contributed by atoms with van der Waals surface area (Å²) in [6, 6.07) is 9.29. The quantitative estimate of drug-likeness (QED) is 0.0153. The molecule has 4 aromatic heterocycles. The molecule has 1 spiro atoms. The molecule has 36 heteroatoms. The molecule has 0 bridgehead atoms. The van der Waals surface area contributed by atoms with Gasteiger partial charge in [-0.05, 0) is 73.6 Å². The number of carbonyl (C=O) groups excluding carboxylic acids is 9. The van der Waals surface area contributed by atoms with Gasteiger partial charge in [-0.2, -0.15) is 0 Å². The third-order valence-electron chi connectivity index (χ3n) is 16.8. The van der Waals surface area contributed by atoms with Crippen LogP contribution in [0.15, 0.2) is 69.5 Å². The first-order chi connectivity index (χ1) is 50.5. The predicted octanol–water partition coefficient (Wildman–Crippen LogP) is 3.83. The van der Waals surface area contributed by atoms with Gasteiger partial charge >= 0.3 is 12.1 Å². The number of oxazole rings is 2. The summed E-state index contributed by atoms with van der Waals surface area (Å²) in [5.41, 5.74) is 18.8. The number of hydrogen-bond donors (Lipinski definition) is 10. The molecule has 0 saturated carbocycles. The van der Waals surface area contributed by atoms with Gasteiger partial charge < -0.3 is 99.3 Å². The molecule has 14 N–H and O–H groups in total. The molecule has 2 aliphatic rings. The molecular formula is C69H89N17O19. The van der Waals surface area contributed by atoms with Crippen molar-refractivity contribution < 1.29 is 90.0 Å². The summed E-state index contributed by atoms with van der Waals surface area (Å²) in [7, 11) is 0. The molecule has 105 heavy (non-hydrogen) atoms. The standard InChI is InChI=1S/C69H89N17O19/c1-7-46-57(104-40(5)75-46)63(92)82-66-79-49-30-43(59(70)88)32-51-55(49)85(66)19-9-10-20-86-56-50(80-67(86)83-64(93)58-47(8-2)76-41(6)105-58)31-44(60(71)89)33-52(56)102-38-69(37-101-51)35-84(36-69)68(95)100-34-42-13-15-45(16-14-42)77-61(90)48(12-11-18-74-65(72)94)78-62(91)54(39(3)4)81-53(87)17-21-96-22-23-97-24-25-98-26-27-99-28-29-103-73/h9-10,13-16,30-33,39,48,54H,7-8,11-12,17-29,34-38,73H2,1-6H3,(H2,70,88)(H2,71,89)(H,77,90)(H,78,91)(H,81,87)(H3,72,74,94)(H,79,82,92)(H,80,83,93)/b10-9+/t48-,54-/m0/s1. The van der Waals surface area contributed by atoms with E-state index in [0.717, 1.165) is 0 Å². The second kappa shape index (κ2) is 36.9. The summed E-state index contributed by atoms with van der Waals surface area (Å²) < 4.78 is 55.8. The van der Waals surface area contributed by atoms with Crippen molar-refractivity contribution in [2.24, 2.45) is 34.4 Å². The Morgan fingerprint density at radius 2 is 1.11 bits per heavy atom. The van der Waals surface area contributed by atoms with Crippen LogP contribution in [0.25, 0.3) is 22.1 Å². The Kier molecular flexibility index (Phi) is 27.4. The maximum atomic E-state index is 14.1. The minimum absolute atomic E-state index is 0.0147. The van der Waals surface area contributed by atoms with Crippen LogP contribution in [-0.2, 0) is 75.4 Å². The number of nitrogens with one attached hydrogen (secondary N) is 6. The van der Waals surface area contributed by atoms with Crippen LogP contribution in [0, 0.1) is 25.2 Å². The molecule has 2 atom stereocenters. The molecule has 3 aromatic carbocycles. The predicted molar refractivity (Wildman–Crippen MR) is 377 cm³/mol. The van der Waals surface area contributed by atoms with Crippen molar-refractivity contribution >= 4 is 93.1 Å². The molecule has 0 unspecified atom stereocenters. The molecule has 564 valence electrons. The number of urea groups is 1. The van der Waals surface area contributed by atoms with Gasteiger partial charge in [0.05, 0.1) is 87.3 Å². The van der Waals surface area contributed by atoms with Gasteiger partial charge in [0.1, 0.15) is 54.4 Å². The third-order valence-corrected chi connectivity index (χ3v) is 16.8. The molecule has 2 aliphatic heterocycles. The van der Waals surface area contributed by atoms with E-state index in [1.54, 1.807) is 73.2 Å². The van der Waals surface area contributed by atoms with Gasteiger partial charge in [0.15, 0.2) is 11.8 Å². The van der Waals surface area contributed by atoms with Crippen LogP contribution in [0.4, 0.5) is 27.2 Å². The van der Waals surface area contributed by atoms with Crippen LogP contribution in [0.3, 0.4) is 0 Å². The number of imidazole rings is 2. The highest BCUT2D eigenvalue weighted by atomic mass is 16.6. The van der Waals surface area contributed by atoms with Crippen molar-refractivity contribution in [1.82, 2.24) is 49.9 Å². The molecule has 0 radical (unpaired) electrons. The monoisotopic (exact) mass is 1460 g/mol. The summed E-state index contributed by atoms with van der Waals surface area (Å²) in [4.78, 5) is 145. The normalized spacial score (nSPS) is 14.2. The van der Waals surface area contributed by atoms with Crippen LogP contribution < -0.4 is 64.5 Å². The number of anilines is 3. The average Bonchev–Trinajstić information content (AvgIpc) is 1.72. The van der Waals surface area contributed by atoms with E-state index in [-0.39, 0.29) is 167 Å². The van der Waals surface area contributed by atoms with E-state index < -0.39 is 76.9 Å². The lowest BCUT2D eigenvalue weighted by atomic mass is 9.81. The highest BCUT2D eigenvalue weighted by molar-refractivity contribution is 6.06. The topological polar surface area (TPSA) is 495 Å². The summed E-state index contributed by atoms with van der Waals surface area (Å²) >= 11 is 0. The maximum absolute atomic E-state index is 14.1. The number of primary amides is 3. The Labute approximate surface area is 602 Å². The van der Waals surface area contributed by atoms with Crippen molar-refractivity contribution in [3.63, 3.8) is 0 Å². The lowest BCUT2D eigenvalue weighted by Gasteiger charge is -2.48. The van der Waals surface area contributed by atoms with Gasteiger partial charge in [-0.1, -0.05) is 52.0 Å². The van der Waals surface area contributed by atoms with E-state index in [9.17, 15) is 43.2 Å². The van der Waals surface area contributed by atoms with E-state index in [1.807, 2.05) is 13.8 Å². The average molecular weight is 1460 g/mol. The molecule has 1 fully saturated rings. The third kappa shape index (κ3) is 20.9. The SMILES string of the molecule is CCc1nc(C)oc1C(=O)Nc1nc2cc(C(N)=O)cc3c2n1C/C=C/Cn1c(NC(=O)c2oc(C)nc2CC)nc2cc(C(N)=O)cc(c21)OCC1(CO3)CN(C(=O)OCc2ccc(NC(=O)[C@H](CCCNC(N)=O)NC(=O)[C@@H](NC(=O)CCOCCOCCOCCOCCON)C(C)C)cc2)C1. The van der Waals surface area contributed by atoms with Crippen LogP contribution in [0.1, 0.15) is 118 Å². The molecule has 9 rings (SSSR count). The zero-order chi connectivity index (χ0) is 75.3. The highest BCUT2D eigenvalue weighted by Crippen LogP contribution is 2.39. The highest BCUT2D eigenvalue weighted by Gasteiger charge is 2.48. The summed E-state index contributed by atoms with van der Waals surface area (Å²) in [5, 5.41) is 16.5. The van der Waals surface area contributed by atoms with Crippen LogP contribution in [0.2, 0.25) is 0 Å². The molecule has 7 aromatic rings. The first-order valence-electron chi connectivity index (χ1n) is 34.2. The van der Waals surface area contributed by atoms with Crippen molar-refractivity contribution in [3.8, 4) is 11.5 Å². The molecule has 0 aliphatic carbocycles. The van der Waals surface area contributed by atoms with Gasteiger partial charge in [-0.25, -0.2) is 35.4 Å². The van der Waals surface area contributed by atoms with E-state index in [1.165, 1.54) is 29.2 Å². The summed E-state index contributed by atoms with van der Waals surface area (Å²) in [6.07, 6.45) is 3.82. The van der Waals surface area contributed by atoms with Gasteiger partial charge in [-0.3, -0.25) is 44.2 Å². The lowest BCUT2D eigenvalue weighted by Crippen LogP contribution is -2.63. The minimum Gasteiger partial charge on any atom is -0.490 e. The van der Waals surface area contributed by atoms with E-state index >= 15 is 0 Å². The molecule has 1 saturated heterocycles. The first kappa shape index (κ1) is 78.1. The van der Waals surface area contributed by atoms with E-state index in [2.05, 4.69) is 46.7 Å². The Morgan fingerprint density at radius 1 is 0.619 bits per heavy atom. The smallest absolute Gasteiger partial charge is 0.410 e. The number of aryl methyl sites for hydroxylation is 4. The van der Waals surface area contributed by atoms with Gasteiger partial charge in [0.25, 0.3) is 11.8 Å². The van der Waals surface area contributed by atoms with Gasteiger partial charge in [-0.15, -0.1) is 0 Å². The fraction of sp³-hybridized carbons (Fsp3) is 0.464. The number of benzene rings is 3. The van der Waals surface area contributed by atoms with Gasteiger partial charge in [0, 0.05) is 69.8 Å². The second-order valence-electron chi connectivity index (χ2n) is 25.1. The summed E-state index contributed by atoms with van der Waals surface area (Å²) in [5.74, 6) is 0.776. The summed E-state index contributed by atoms with van der Waals surface area (Å²) in [6.45, 7) is 12.4. The maximum Gasteiger partial charge on any atom is 0.410 e. The zero-order valence-electron chi connectivity index (χ0n) is 59.3. The number of carbonyl (C=O) groups is 9.